The molecule has 1 aliphatic rings. The fraction of sp³-hybridized carbons (Fsp3) is 1.00. The van der Waals surface area contributed by atoms with Crippen LogP contribution < -0.4 is 10.6 Å². The molecular weight excluding hydrogens is 198 g/mol. The van der Waals surface area contributed by atoms with Crippen molar-refractivity contribution in [3.05, 3.63) is 0 Å². The highest BCUT2D eigenvalue weighted by Crippen LogP contribution is 2.15. The second kappa shape index (κ2) is 8.97. The summed E-state index contributed by atoms with van der Waals surface area (Å²) in [6.45, 7) is 9.64. The second-order valence-electron chi connectivity index (χ2n) is 4.90. The lowest BCUT2D eigenvalue weighted by atomic mass is 9.96. The molecule has 1 unspecified atom stereocenters. The van der Waals surface area contributed by atoms with Gasteiger partial charge in [0.15, 0.2) is 0 Å². The first-order valence-electron chi connectivity index (χ1n) is 6.94. The number of hydrogen-bond acceptors (Lipinski definition) is 3. The minimum atomic E-state index is 0.926. The van der Waals surface area contributed by atoms with E-state index in [1.807, 2.05) is 7.05 Å². The summed E-state index contributed by atoms with van der Waals surface area (Å²) in [7, 11) is 2.05. The molecule has 0 amide bonds. The zero-order chi connectivity index (χ0) is 11.6. The third-order valence-electron chi connectivity index (χ3n) is 3.68. The van der Waals surface area contributed by atoms with Crippen molar-refractivity contribution in [2.24, 2.45) is 5.92 Å². The highest BCUT2D eigenvalue weighted by Gasteiger charge is 2.10. The minimum Gasteiger partial charge on any atom is -0.320 e. The molecule has 1 atom stereocenters. The van der Waals surface area contributed by atoms with Crippen molar-refractivity contribution in [1.82, 2.24) is 15.5 Å². The van der Waals surface area contributed by atoms with Crippen LogP contribution in [0.3, 0.4) is 0 Å². The van der Waals surface area contributed by atoms with E-state index < -0.39 is 0 Å². The molecule has 3 nitrogen and oxygen atoms in total. The summed E-state index contributed by atoms with van der Waals surface area (Å²) in [5.41, 5.74) is 0. The molecule has 0 spiro atoms. The van der Waals surface area contributed by atoms with Gasteiger partial charge < -0.3 is 15.5 Å². The van der Waals surface area contributed by atoms with E-state index in [2.05, 4.69) is 22.5 Å². The Kier molecular flexibility index (Phi) is 7.81. The van der Waals surface area contributed by atoms with Crippen LogP contribution in [0, 0.1) is 5.92 Å². The van der Waals surface area contributed by atoms with Crippen LogP contribution in [0.5, 0.6) is 0 Å². The highest BCUT2D eigenvalue weighted by molar-refractivity contribution is 4.68. The predicted molar refractivity (Wildman–Crippen MR) is 70.9 cm³/mol. The van der Waals surface area contributed by atoms with Gasteiger partial charge in [0.1, 0.15) is 0 Å². The number of nitrogens with zero attached hydrogens (tertiary/aromatic N) is 1. The number of hydrogen-bond donors (Lipinski definition) is 2. The van der Waals surface area contributed by atoms with Crippen molar-refractivity contribution in [1.29, 1.82) is 0 Å². The van der Waals surface area contributed by atoms with E-state index in [4.69, 9.17) is 0 Å². The van der Waals surface area contributed by atoms with E-state index in [0.717, 1.165) is 5.92 Å². The van der Waals surface area contributed by atoms with Crippen LogP contribution >= 0.6 is 0 Å². The summed E-state index contributed by atoms with van der Waals surface area (Å²) in [5.74, 6) is 0.926. The molecule has 1 aliphatic heterocycles. The Morgan fingerprint density at radius 3 is 2.62 bits per heavy atom. The lowest BCUT2D eigenvalue weighted by Crippen LogP contribution is -2.43. The molecule has 16 heavy (non-hydrogen) atoms. The summed E-state index contributed by atoms with van der Waals surface area (Å²) < 4.78 is 0. The molecule has 0 aliphatic carbocycles. The van der Waals surface area contributed by atoms with Gasteiger partial charge in [-0.15, -0.1) is 0 Å². The molecule has 1 fully saturated rings. The normalized spacial score (nSPS) is 19.9. The molecule has 1 heterocycles. The number of nitrogens with one attached hydrogen (secondary N) is 2. The number of piperazine rings is 1. The van der Waals surface area contributed by atoms with Crippen molar-refractivity contribution >= 4 is 0 Å². The van der Waals surface area contributed by atoms with Crippen LogP contribution in [0.1, 0.15) is 32.6 Å². The van der Waals surface area contributed by atoms with Gasteiger partial charge in [-0.1, -0.05) is 13.3 Å². The quantitative estimate of drug-likeness (QED) is 0.655. The molecule has 0 saturated carbocycles. The summed E-state index contributed by atoms with van der Waals surface area (Å²) in [6.07, 6.45) is 5.46. The van der Waals surface area contributed by atoms with Gasteiger partial charge in [0, 0.05) is 26.2 Å². The van der Waals surface area contributed by atoms with Crippen molar-refractivity contribution in [2.75, 3.05) is 46.3 Å². The maximum atomic E-state index is 3.40. The zero-order valence-corrected chi connectivity index (χ0v) is 11.1. The summed E-state index contributed by atoms with van der Waals surface area (Å²) in [6, 6.07) is 0. The summed E-state index contributed by atoms with van der Waals surface area (Å²) in [4.78, 5) is 2.60. The smallest absolute Gasteiger partial charge is 0.0107 e. The molecule has 1 saturated heterocycles. The molecule has 0 aromatic heterocycles. The zero-order valence-electron chi connectivity index (χ0n) is 11.1. The largest absolute Gasteiger partial charge is 0.320 e. The van der Waals surface area contributed by atoms with Crippen molar-refractivity contribution in [2.45, 2.75) is 32.6 Å². The molecule has 0 aromatic carbocycles. The van der Waals surface area contributed by atoms with Crippen molar-refractivity contribution < 1.29 is 0 Å². The Balaban J connectivity index is 2.02. The van der Waals surface area contributed by atoms with Gasteiger partial charge in [-0.05, 0) is 45.3 Å². The van der Waals surface area contributed by atoms with Gasteiger partial charge in [-0.25, -0.2) is 0 Å². The van der Waals surface area contributed by atoms with Crippen LogP contribution in [-0.2, 0) is 0 Å². The Morgan fingerprint density at radius 2 is 2.00 bits per heavy atom. The first-order valence-corrected chi connectivity index (χ1v) is 6.94. The van der Waals surface area contributed by atoms with Crippen LogP contribution in [0.2, 0.25) is 0 Å². The standard InChI is InChI=1S/C13H29N3/c1-3-13(6-7-14-2)5-4-10-16-11-8-15-9-12-16/h13-15H,3-12H2,1-2H3. The van der Waals surface area contributed by atoms with Crippen molar-refractivity contribution in [3.8, 4) is 0 Å². The van der Waals surface area contributed by atoms with Gasteiger partial charge in [0.05, 0.1) is 0 Å². The molecular formula is C13H29N3. The van der Waals surface area contributed by atoms with Crippen LogP contribution in [0.15, 0.2) is 0 Å². The lowest BCUT2D eigenvalue weighted by molar-refractivity contribution is 0.229. The van der Waals surface area contributed by atoms with Gasteiger partial charge in [-0.3, -0.25) is 0 Å². The molecule has 96 valence electrons. The third-order valence-corrected chi connectivity index (χ3v) is 3.68. The van der Waals surface area contributed by atoms with Crippen LogP contribution in [0.25, 0.3) is 0 Å². The van der Waals surface area contributed by atoms with Crippen molar-refractivity contribution in [3.63, 3.8) is 0 Å². The van der Waals surface area contributed by atoms with Crippen LogP contribution in [0.4, 0.5) is 0 Å². The van der Waals surface area contributed by atoms with E-state index in [0.29, 0.717) is 0 Å². The fourth-order valence-electron chi connectivity index (χ4n) is 2.44. The number of rotatable bonds is 8. The lowest BCUT2D eigenvalue weighted by Gasteiger charge is -2.27. The third kappa shape index (κ3) is 5.83. The van der Waals surface area contributed by atoms with Gasteiger partial charge in [-0.2, -0.15) is 0 Å². The Hall–Kier alpha value is -0.120. The van der Waals surface area contributed by atoms with Gasteiger partial charge >= 0.3 is 0 Å². The average molecular weight is 227 g/mol. The first-order chi connectivity index (χ1) is 7.86. The topological polar surface area (TPSA) is 27.3 Å². The first kappa shape index (κ1) is 13.9. The molecule has 0 aromatic rings. The molecule has 3 heteroatoms. The Bertz CT molecular complexity index is 155. The minimum absolute atomic E-state index is 0.926. The van der Waals surface area contributed by atoms with Gasteiger partial charge in [0.25, 0.3) is 0 Å². The monoisotopic (exact) mass is 227 g/mol. The average Bonchev–Trinajstić information content (AvgIpc) is 2.35. The maximum Gasteiger partial charge on any atom is 0.0107 e. The SMILES string of the molecule is CCC(CCCN1CCNCC1)CCNC. The predicted octanol–water partition coefficient (Wildman–Crippen LogP) is 1.31. The molecule has 0 bridgehead atoms. The fourth-order valence-corrected chi connectivity index (χ4v) is 2.44. The molecule has 0 radical (unpaired) electrons. The van der Waals surface area contributed by atoms with E-state index in [9.17, 15) is 0 Å². The Labute approximate surface area is 101 Å². The van der Waals surface area contributed by atoms with E-state index >= 15 is 0 Å². The molecule has 2 N–H and O–H groups in total. The van der Waals surface area contributed by atoms with E-state index in [1.54, 1.807) is 0 Å². The van der Waals surface area contributed by atoms with Crippen LogP contribution in [-0.4, -0.2) is 51.2 Å². The Morgan fingerprint density at radius 1 is 1.25 bits per heavy atom. The summed E-state index contributed by atoms with van der Waals surface area (Å²) >= 11 is 0. The highest BCUT2D eigenvalue weighted by atomic mass is 15.2. The van der Waals surface area contributed by atoms with Gasteiger partial charge in [0.2, 0.25) is 0 Å². The second-order valence-corrected chi connectivity index (χ2v) is 4.90. The van der Waals surface area contributed by atoms with E-state index in [1.165, 1.54) is 65.0 Å². The maximum absolute atomic E-state index is 3.40. The molecule has 1 rings (SSSR count). The van der Waals surface area contributed by atoms with E-state index in [-0.39, 0.29) is 0 Å². The summed E-state index contributed by atoms with van der Waals surface area (Å²) in [5, 5.41) is 6.66.